The second-order valence-electron chi connectivity index (χ2n) is 4.52. The predicted octanol–water partition coefficient (Wildman–Crippen LogP) is 2.32. The van der Waals surface area contributed by atoms with E-state index in [1.165, 1.54) is 6.07 Å². The molecule has 2 N–H and O–H groups in total. The van der Waals surface area contributed by atoms with Crippen LogP contribution in [0.3, 0.4) is 0 Å². The lowest BCUT2D eigenvalue weighted by Crippen LogP contribution is -2.06. The monoisotopic (exact) mass is 296 g/mol. The van der Waals surface area contributed by atoms with Crippen LogP contribution in [-0.4, -0.2) is 25.0 Å². The number of halogens is 3. The van der Waals surface area contributed by atoms with Gasteiger partial charge in [-0.15, -0.1) is 5.10 Å². The first-order valence-corrected chi connectivity index (χ1v) is 6.08. The molecule has 0 atom stereocenters. The topological polar surface area (TPSA) is 71.4 Å². The van der Waals surface area contributed by atoms with Crippen LogP contribution < -0.4 is 5.32 Å². The summed E-state index contributed by atoms with van der Waals surface area (Å²) in [6.45, 7) is 0.412. The van der Waals surface area contributed by atoms with Crippen molar-refractivity contribution in [2.75, 3.05) is 5.32 Å². The van der Waals surface area contributed by atoms with E-state index in [-0.39, 0.29) is 0 Å². The van der Waals surface area contributed by atoms with Crippen LogP contribution in [0.2, 0.25) is 0 Å². The fraction of sp³-hybridized carbons (Fsp3) is 0.250. The van der Waals surface area contributed by atoms with Gasteiger partial charge in [-0.2, -0.15) is 13.2 Å². The van der Waals surface area contributed by atoms with Crippen molar-refractivity contribution >= 4 is 17.0 Å². The Morgan fingerprint density at radius 1 is 1.33 bits per heavy atom. The van der Waals surface area contributed by atoms with Gasteiger partial charge < -0.3 is 10.3 Å². The van der Waals surface area contributed by atoms with Gasteiger partial charge in [0.15, 0.2) is 0 Å². The van der Waals surface area contributed by atoms with Crippen molar-refractivity contribution in [2.24, 2.45) is 7.05 Å². The number of aromatic amines is 1. The number of nitrogens with one attached hydrogen (secondary N) is 2. The molecular weight excluding hydrogens is 285 g/mol. The Labute approximate surface area is 117 Å². The summed E-state index contributed by atoms with van der Waals surface area (Å²) in [6.07, 6.45) is -2.77. The van der Waals surface area contributed by atoms with Gasteiger partial charge in [-0.05, 0) is 18.2 Å². The van der Waals surface area contributed by atoms with Crippen LogP contribution in [0.15, 0.2) is 24.4 Å². The zero-order valence-electron chi connectivity index (χ0n) is 10.9. The van der Waals surface area contributed by atoms with Crippen molar-refractivity contribution in [1.29, 1.82) is 0 Å². The largest absolute Gasteiger partial charge is 0.416 e. The zero-order chi connectivity index (χ0) is 15.0. The van der Waals surface area contributed by atoms with E-state index in [9.17, 15) is 13.2 Å². The molecule has 21 heavy (non-hydrogen) atoms. The number of anilines is 1. The summed E-state index contributed by atoms with van der Waals surface area (Å²) in [5, 5.41) is 10.5. The molecule has 0 spiro atoms. The number of aromatic nitrogens is 5. The molecule has 0 saturated heterocycles. The number of alkyl halides is 3. The summed E-state index contributed by atoms with van der Waals surface area (Å²) in [6, 6.07) is 3.39. The minimum absolute atomic E-state index is 0.329. The highest BCUT2D eigenvalue weighted by Gasteiger charge is 2.30. The van der Waals surface area contributed by atoms with Gasteiger partial charge in [-0.1, -0.05) is 5.21 Å². The van der Waals surface area contributed by atoms with Crippen LogP contribution in [0.5, 0.6) is 0 Å². The minimum atomic E-state index is -4.37. The molecule has 110 valence electrons. The lowest BCUT2D eigenvalue weighted by Gasteiger charge is -2.05. The lowest BCUT2D eigenvalue weighted by atomic mass is 10.2. The predicted molar refractivity (Wildman–Crippen MR) is 69.4 cm³/mol. The Balaban J connectivity index is 1.82. The Morgan fingerprint density at radius 3 is 2.81 bits per heavy atom. The number of aryl methyl sites for hydroxylation is 1. The molecule has 0 bridgehead atoms. The molecule has 0 aliphatic rings. The number of hydrogen-bond donors (Lipinski definition) is 2. The van der Waals surface area contributed by atoms with Crippen molar-refractivity contribution in [3.8, 4) is 0 Å². The highest BCUT2D eigenvalue weighted by molar-refractivity contribution is 5.78. The van der Waals surface area contributed by atoms with Crippen molar-refractivity contribution < 1.29 is 13.2 Å². The molecule has 0 radical (unpaired) electrons. The van der Waals surface area contributed by atoms with Gasteiger partial charge in [-0.25, -0.2) is 4.98 Å². The van der Waals surface area contributed by atoms with E-state index in [4.69, 9.17) is 0 Å². The molecule has 2 heterocycles. The lowest BCUT2D eigenvalue weighted by molar-refractivity contribution is -0.137. The van der Waals surface area contributed by atoms with Gasteiger partial charge in [0, 0.05) is 7.05 Å². The standard InChI is InChI=1S/C12H11F3N6/c1-21-8(6-17-20-21)5-16-11-18-9-3-2-7(12(13,14)15)4-10(9)19-11/h2-4,6H,5H2,1H3,(H2,16,18,19). The Kier molecular flexibility index (Phi) is 3.04. The second kappa shape index (κ2) is 4.76. The maximum atomic E-state index is 12.6. The average Bonchev–Trinajstić information content (AvgIpc) is 2.99. The van der Waals surface area contributed by atoms with Crippen LogP contribution in [0.1, 0.15) is 11.3 Å². The summed E-state index contributed by atoms with van der Waals surface area (Å²) in [5.41, 5.74) is 0.913. The van der Waals surface area contributed by atoms with Crippen LogP contribution >= 0.6 is 0 Å². The number of imidazole rings is 1. The Bertz CT molecular complexity index is 773. The summed E-state index contributed by atoms with van der Waals surface area (Å²) in [5.74, 6) is 0.394. The van der Waals surface area contributed by atoms with Crippen molar-refractivity contribution in [2.45, 2.75) is 12.7 Å². The van der Waals surface area contributed by atoms with Crippen LogP contribution in [0, 0.1) is 0 Å². The molecule has 3 aromatic rings. The highest BCUT2D eigenvalue weighted by Crippen LogP contribution is 2.31. The number of fused-ring (bicyclic) bond motifs is 1. The summed E-state index contributed by atoms with van der Waals surface area (Å²) < 4.78 is 39.5. The smallest absolute Gasteiger partial charge is 0.350 e. The van der Waals surface area contributed by atoms with Gasteiger partial charge in [-0.3, -0.25) is 4.68 Å². The van der Waals surface area contributed by atoms with Crippen molar-refractivity contribution in [3.05, 3.63) is 35.7 Å². The molecule has 9 heteroatoms. The molecule has 0 aliphatic carbocycles. The molecule has 1 aromatic carbocycles. The summed E-state index contributed by atoms with van der Waals surface area (Å²) in [7, 11) is 1.75. The van der Waals surface area contributed by atoms with Gasteiger partial charge in [0.05, 0.1) is 35.0 Å². The van der Waals surface area contributed by atoms with E-state index >= 15 is 0 Å². The van der Waals surface area contributed by atoms with Gasteiger partial charge in [0.25, 0.3) is 0 Å². The molecule has 0 saturated carbocycles. The number of hydrogen-bond acceptors (Lipinski definition) is 4. The maximum Gasteiger partial charge on any atom is 0.416 e. The Morgan fingerprint density at radius 2 is 2.14 bits per heavy atom. The molecular formula is C12H11F3N6. The summed E-state index contributed by atoms with van der Waals surface area (Å²) >= 11 is 0. The zero-order valence-corrected chi connectivity index (χ0v) is 10.9. The third-order valence-electron chi connectivity index (χ3n) is 3.05. The first-order valence-electron chi connectivity index (χ1n) is 6.08. The van der Waals surface area contributed by atoms with Crippen LogP contribution in [-0.2, 0) is 19.8 Å². The van der Waals surface area contributed by atoms with E-state index in [2.05, 4.69) is 25.6 Å². The van der Waals surface area contributed by atoms with Crippen molar-refractivity contribution in [1.82, 2.24) is 25.0 Å². The fourth-order valence-electron chi connectivity index (χ4n) is 1.91. The molecule has 6 nitrogen and oxygen atoms in total. The number of nitrogens with zero attached hydrogens (tertiary/aromatic N) is 4. The van der Waals surface area contributed by atoms with Gasteiger partial charge in [0.1, 0.15) is 0 Å². The number of H-pyrrole nitrogens is 1. The third kappa shape index (κ3) is 2.67. The van der Waals surface area contributed by atoms with Crippen molar-refractivity contribution in [3.63, 3.8) is 0 Å². The van der Waals surface area contributed by atoms with Crippen LogP contribution in [0.25, 0.3) is 11.0 Å². The van der Waals surface area contributed by atoms with Gasteiger partial charge >= 0.3 is 6.18 Å². The first-order chi connectivity index (χ1) is 9.93. The van der Waals surface area contributed by atoms with Gasteiger partial charge in [0.2, 0.25) is 5.95 Å². The van der Waals surface area contributed by atoms with E-state index in [0.29, 0.717) is 23.5 Å². The molecule has 0 fully saturated rings. The van der Waals surface area contributed by atoms with E-state index < -0.39 is 11.7 Å². The molecule has 0 unspecified atom stereocenters. The number of benzene rings is 1. The molecule has 0 amide bonds. The first kappa shape index (κ1) is 13.4. The number of rotatable bonds is 3. The molecule has 0 aliphatic heterocycles. The molecule has 3 rings (SSSR count). The highest BCUT2D eigenvalue weighted by atomic mass is 19.4. The quantitative estimate of drug-likeness (QED) is 0.778. The average molecular weight is 296 g/mol. The van der Waals surface area contributed by atoms with E-state index in [0.717, 1.165) is 17.8 Å². The molecule has 2 aromatic heterocycles. The van der Waals surface area contributed by atoms with Crippen LogP contribution in [0.4, 0.5) is 19.1 Å². The van der Waals surface area contributed by atoms with E-state index in [1.807, 2.05) is 0 Å². The Hall–Kier alpha value is -2.58. The minimum Gasteiger partial charge on any atom is -0.350 e. The summed E-state index contributed by atoms with van der Waals surface area (Å²) in [4.78, 5) is 7.00. The third-order valence-corrected chi connectivity index (χ3v) is 3.05. The second-order valence-corrected chi connectivity index (χ2v) is 4.52. The SMILES string of the molecule is Cn1nncc1CNc1nc2ccc(C(F)(F)F)cc2[nH]1. The van der Waals surface area contributed by atoms with E-state index in [1.54, 1.807) is 17.9 Å². The maximum absolute atomic E-state index is 12.6. The normalized spacial score (nSPS) is 12.0. The fourth-order valence-corrected chi connectivity index (χ4v) is 1.91.